The molecule has 0 spiro atoms. The second-order valence-corrected chi connectivity index (χ2v) is 5.27. The highest BCUT2D eigenvalue weighted by Crippen LogP contribution is 2.48. The van der Waals surface area contributed by atoms with E-state index in [9.17, 15) is 4.39 Å². The van der Waals surface area contributed by atoms with Gasteiger partial charge in [-0.15, -0.1) is 0 Å². The van der Waals surface area contributed by atoms with E-state index in [1.807, 2.05) is 12.1 Å². The van der Waals surface area contributed by atoms with Crippen molar-refractivity contribution in [3.63, 3.8) is 0 Å². The molecular weight excluding hydrogens is 241 g/mol. The third-order valence-corrected chi connectivity index (χ3v) is 3.70. The first kappa shape index (κ1) is 13.8. The third-order valence-electron chi connectivity index (χ3n) is 3.70. The Bertz CT molecular complexity index is 435. The predicted molar refractivity (Wildman–Crippen MR) is 76.7 cm³/mol. The predicted octanol–water partition coefficient (Wildman–Crippen LogP) is 2.56. The lowest BCUT2D eigenvalue weighted by molar-refractivity contribution is 0.623. The highest BCUT2D eigenvalue weighted by atomic mass is 19.1. The van der Waals surface area contributed by atoms with Crippen molar-refractivity contribution in [1.29, 1.82) is 0 Å². The Kier molecular flexibility index (Phi) is 4.40. The molecule has 0 bridgehead atoms. The average molecular weight is 263 g/mol. The van der Waals surface area contributed by atoms with E-state index in [1.54, 1.807) is 0 Å². The number of nitrogens with zero attached hydrogens (tertiary/aromatic N) is 1. The number of hydrogen-bond acceptors (Lipinski definition) is 1. The first-order valence-corrected chi connectivity index (χ1v) is 6.96. The number of halogens is 1. The molecule has 4 heteroatoms. The van der Waals surface area contributed by atoms with Gasteiger partial charge >= 0.3 is 0 Å². The minimum atomic E-state index is -0.191. The van der Waals surface area contributed by atoms with Crippen LogP contribution in [0.1, 0.15) is 38.2 Å². The molecule has 104 valence electrons. The maximum absolute atomic E-state index is 12.9. The summed E-state index contributed by atoms with van der Waals surface area (Å²) in [6.07, 6.45) is 4.44. The van der Waals surface area contributed by atoms with E-state index in [4.69, 9.17) is 5.73 Å². The first-order chi connectivity index (χ1) is 9.16. The van der Waals surface area contributed by atoms with E-state index in [0.717, 1.165) is 32.2 Å². The van der Waals surface area contributed by atoms with Crippen LogP contribution in [-0.2, 0) is 5.41 Å². The molecule has 19 heavy (non-hydrogen) atoms. The van der Waals surface area contributed by atoms with Gasteiger partial charge in [0, 0.05) is 12.0 Å². The molecule has 2 rings (SSSR count). The van der Waals surface area contributed by atoms with Gasteiger partial charge in [0.25, 0.3) is 0 Å². The first-order valence-electron chi connectivity index (χ1n) is 6.96. The smallest absolute Gasteiger partial charge is 0.188 e. The molecule has 0 aromatic heterocycles. The van der Waals surface area contributed by atoms with Crippen LogP contribution >= 0.6 is 0 Å². The molecule has 0 radical (unpaired) electrons. The van der Waals surface area contributed by atoms with E-state index >= 15 is 0 Å². The second-order valence-electron chi connectivity index (χ2n) is 5.27. The van der Waals surface area contributed by atoms with E-state index in [1.165, 1.54) is 17.7 Å². The van der Waals surface area contributed by atoms with E-state index in [-0.39, 0.29) is 11.2 Å². The van der Waals surface area contributed by atoms with Crippen molar-refractivity contribution in [1.82, 2.24) is 5.32 Å². The summed E-state index contributed by atoms with van der Waals surface area (Å²) in [6, 6.07) is 6.75. The Balaban J connectivity index is 1.91. The molecule has 1 saturated carbocycles. The van der Waals surface area contributed by atoms with Gasteiger partial charge in [0.2, 0.25) is 0 Å². The lowest BCUT2D eigenvalue weighted by atomic mass is 9.96. The largest absolute Gasteiger partial charge is 0.370 e. The summed E-state index contributed by atoms with van der Waals surface area (Å²) in [5.74, 6) is 0.325. The molecule has 1 fully saturated rings. The third kappa shape index (κ3) is 3.69. The van der Waals surface area contributed by atoms with Crippen LogP contribution in [0.25, 0.3) is 0 Å². The number of nitrogens with two attached hydrogens (primary N) is 1. The van der Waals surface area contributed by atoms with Crippen molar-refractivity contribution in [2.24, 2.45) is 10.7 Å². The topological polar surface area (TPSA) is 50.4 Å². The second kappa shape index (κ2) is 6.04. The van der Waals surface area contributed by atoms with Crippen molar-refractivity contribution in [3.8, 4) is 0 Å². The number of aliphatic imine (C=N–C) groups is 1. The molecule has 3 nitrogen and oxygen atoms in total. The number of rotatable bonds is 6. The van der Waals surface area contributed by atoms with Crippen LogP contribution in [0.2, 0.25) is 0 Å². The minimum absolute atomic E-state index is 0.0881. The zero-order chi connectivity index (χ0) is 13.7. The molecule has 0 heterocycles. The Hall–Kier alpha value is -1.58. The number of unbranched alkanes of at least 4 members (excludes halogenated alkanes) is 1. The quantitative estimate of drug-likeness (QED) is 0.471. The molecule has 1 aromatic carbocycles. The van der Waals surface area contributed by atoms with Gasteiger partial charge in [-0.25, -0.2) is 4.39 Å². The van der Waals surface area contributed by atoms with Gasteiger partial charge in [-0.3, -0.25) is 4.99 Å². The number of nitrogens with one attached hydrogen (secondary N) is 1. The van der Waals surface area contributed by atoms with Crippen LogP contribution in [-0.4, -0.2) is 19.0 Å². The van der Waals surface area contributed by atoms with E-state index in [2.05, 4.69) is 17.2 Å². The maximum atomic E-state index is 12.9. The molecule has 1 aromatic rings. The van der Waals surface area contributed by atoms with Crippen LogP contribution < -0.4 is 11.1 Å². The summed E-state index contributed by atoms with van der Waals surface area (Å²) in [6.45, 7) is 3.70. The molecule has 1 aliphatic carbocycles. The monoisotopic (exact) mass is 263 g/mol. The van der Waals surface area contributed by atoms with Gasteiger partial charge in [-0.05, 0) is 37.0 Å². The SMILES string of the molecule is CCCCNC(N)=NCC1(c2ccc(F)cc2)CC1. The van der Waals surface area contributed by atoms with Gasteiger partial charge in [-0.1, -0.05) is 25.5 Å². The molecule has 0 aliphatic heterocycles. The summed E-state index contributed by atoms with van der Waals surface area (Å²) in [4.78, 5) is 4.42. The van der Waals surface area contributed by atoms with Crippen LogP contribution in [0.3, 0.4) is 0 Å². The molecule has 1 aliphatic rings. The summed E-state index contributed by atoms with van der Waals surface area (Å²) >= 11 is 0. The van der Waals surface area contributed by atoms with Crippen molar-refractivity contribution >= 4 is 5.96 Å². The minimum Gasteiger partial charge on any atom is -0.370 e. The van der Waals surface area contributed by atoms with Gasteiger partial charge < -0.3 is 11.1 Å². The van der Waals surface area contributed by atoms with Crippen molar-refractivity contribution in [3.05, 3.63) is 35.6 Å². The number of benzene rings is 1. The molecule has 0 unspecified atom stereocenters. The Morgan fingerprint density at radius 3 is 2.63 bits per heavy atom. The van der Waals surface area contributed by atoms with Gasteiger partial charge in [0.1, 0.15) is 5.82 Å². The lowest BCUT2D eigenvalue weighted by Crippen LogP contribution is -2.33. The van der Waals surface area contributed by atoms with Gasteiger partial charge in [-0.2, -0.15) is 0 Å². The fourth-order valence-corrected chi connectivity index (χ4v) is 2.18. The average Bonchev–Trinajstić information content (AvgIpc) is 3.19. The van der Waals surface area contributed by atoms with Crippen molar-refractivity contribution < 1.29 is 4.39 Å². The highest BCUT2D eigenvalue weighted by Gasteiger charge is 2.44. The fraction of sp³-hybridized carbons (Fsp3) is 0.533. The van der Waals surface area contributed by atoms with Crippen LogP contribution in [0, 0.1) is 5.82 Å². The maximum Gasteiger partial charge on any atom is 0.188 e. The summed E-state index contributed by atoms with van der Waals surface area (Å²) in [7, 11) is 0. The van der Waals surface area contributed by atoms with Crippen molar-refractivity contribution in [2.75, 3.05) is 13.1 Å². The van der Waals surface area contributed by atoms with Gasteiger partial charge in [0.05, 0.1) is 6.54 Å². The molecule has 3 N–H and O–H groups in total. The molecule has 0 saturated heterocycles. The standard InChI is InChI=1S/C15H22FN3/c1-2-3-10-18-14(17)19-11-15(8-9-15)12-4-6-13(16)7-5-12/h4-7H,2-3,8-11H2,1H3,(H3,17,18,19). The number of guanidine groups is 1. The van der Waals surface area contributed by atoms with Crippen LogP contribution in [0.4, 0.5) is 4.39 Å². The zero-order valence-electron chi connectivity index (χ0n) is 11.5. The van der Waals surface area contributed by atoms with Crippen LogP contribution in [0.5, 0.6) is 0 Å². The molecule has 0 atom stereocenters. The lowest BCUT2D eigenvalue weighted by Gasteiger charge is -2.13. The van der Waals surface area contributed by atoms with E-state index < -0.39 is 0 Å². The highest BCUT2D eigenvalue weighted by molar-refractivity contribution is 5.77. The Labute approximate surface area is 114 Å². The normalized spacial score (nSPS) is 17.3. The molecule has 0 amide bonds. The summed E-state index contributed by atoms with van der Waals surface area (Å²) in [5.41, 5.74) is 7.08. The summed E-state index contributed by atoms with van der Waals surface area (Å²) in [5, 5.41) is 3.11. The van der Waals surface area contributed by atoms with Gasteiger partial charge in [0.15, 0.2) is 5.96 Å². The number of hydrogen-bond donors (Lipinski definition) is 2. The Morgan fingerprint density at radius 1 is 1.37 bits per heavy atom. The van der Waals surface area contributed by atoms with E-state index in [0.29, 0.717) is 12.5 Å². The van der Waals surface area contributed by atoms with Crippen LogP contribution in [0.15, 0.2) is 29.3 Å². The Morgan fingerprint density at radius 2 is 2.05 bits per heavy atom. The fourth-order valence-electron chi connectivity index (χ4n) is 2.18. The zero-order valence-corrected chi connectivity index (χ0v) is 11.5. The van der Waals surface area contributed by atoms with Crippen molar-refractivity contribution in [2.45, 2.75) is 38.0 Å². The summed E-state index contributed by atoms with van der Waals surface area (Å²) < 4.78 is 12.9. The molecular formula is C15H22FN3.